The van der Waals surface area contributed by atoms with Gasteiger partial charge >= 0.3 is 0 Å². The van der Waals surface area contributed by atoms with Gasteiger partial charge in [-0.1, -0.05) is 50.1 Å². The Morgan fingerprint density at radius 2 is 1.70 bits per heavy atom. The van der Waals surface area contributed by atoms with Crippen molar-refractivity contribution in [2.45, 2.75) is 60.3 Å². The van der Waals surface area contributed by atoms with Gasteiger partial charge in [0, 0.05) is 12.3 Å². The second-order valence-corrected chi connectivity index (χ2v) is 7.70. The van der Waals surface area contributed by atoms with Crippen molar-refractivity contribution >= 4 is 5.78 Å². The van der Waals surface area contributed by atoms with Crippen molar-refractivity contribution in [2.24, 2.45) is 17.3 Å². The summed E-state index contributed by atoms with van der Waals surface area (Å²) in [5, 5.41) is 0. The smallest absolute Gasteiger partial charge is 0.136 e. The third kappa shape index (κ3) is 3.71. The number of Topliss-reactive ketones (excluding diaryl/α,β-unsaturated/α-hetero) is 1. The van der Waals surface area contributed by atoms with Crippen LogP contribution in [0.15, 0.2) is 18.2 Å². The van der Waals surface area contributed by atoms with Crippen molar-refractivity contribution in [1.29, 1.82) is 0 Å². The summed E-state index contributed by atoms with van der Waals surface area (Å²) in [5.41, 5.74) is 4.25. The Kier molecular flexibility index (Phi) is 4.36. The van der Waals surface area contributed by atoms with Gasteiger partial charge in [-0.3, -0.25) is 4.79 Å². The Bertz CT molecular complexity index is 473. The number of hydrogen-bond donors (Lipinski definition) is 0. The van der Waals surface area contributed by atoms with Crippen LogP contribution in [0.1, 0.15) is 56.7 Å². The largest absolute Gasteiger partial charge is 0.299 e. The lowest BCUT2D eigenvalue weighted by Gasteiger charge is -2.37. The van der Waals surface area contributed by atoms with Crippen molar-refractivity contribution in [3.05, 3.63) is 34.9 Å². The molecule has 2 atom stereocenters. The highest BCUT2D eigenvalue weighted by atomic mass is 16.1. The summed E-state index contributed by atoms with van der Waals surface area (Å²) >= 11 is 0. The maximum Gasteiger partial charge on any atom is 0.136 e. The minimum atomic E-state index is 0.231. The van der Waals surface area contributed by atoms with Crippen molar-refractivity contribution in [2.75, 3.05) is 0 Å². The summed E-state index contributed by atoms with van der Waals surface area (Å²) in [5.74, 6) is 1.38. The van der Waals surface area contributed by atoms with Crippen LogP contribution >= 0.6 is 0 Å². The second-order valence-electron chi connectivity index (χ2n) is 7.70. The Morgan fingerprint density at radius 3 is 2.25 bits per heavy atom. The molecular formula is C19H28O. The highest BCUT2D eigenvalue weighted by Gasteiger charge is 2.34. The molecule has 1 aromatic rings. The lowest BCUT2D eigenvalue weighted by molar-refractivity contribution is -0.126. The highest BCUT2D eigenvalue weighted by molar-refractivity contribution is 5.82. The maximum absolute atomic E-state index is 12.2. The van der Waals surface area contributed by atoms with Crippen molar-refractivity contribution in [1.82, 2.24) is 0 Å². The van der Waals surface area contributed by atoms with Gasteiger partial charge in [-0.05, 0) is 50.0 Å². The molecule has 20 heavy (non-hydrogen) atoms. The van der Waals surface area contributed by atoms with Crippen LogP contribution in [0.3, 0.4) is 0 Å². The van der Waals surface area contributed by atoms with Gasteiger partial charge in [-0.15, -0.1) is 0 Å². The van der Waals surface area contributed by atoms with E-state index in [0.29, 0.717) is 17.1 Å². The molecule has 1 fully saturated rings. The molecular weight excluding hydrogens is 244 g/mol. The third-order valence-corrected chi connectivity index (χ3v) is 4.75. The van der Waals surface area contributed by atoms with Gasteiger partial charge in [0.1, 0.15) is 5.78 Å². The Hall–Kier alpha value is -1.11. The molecule has 1 aliphatic carbocycles. The molecule has 0 aromatic heterocycles. The topological polar surface area (TPSA) is 17.1 Å². The average Bonchev–Trinajstić information content (AvgIpc) is 2.29. The van der Waals surface area contributed by atoms with Crippen LogP contribution < -0.4 is 0 Å². The van der Waals surface area contributed by atoms with E-state index in [9.17, 15) is 4.79 Å². The minimum absolute atomic E-state index is 0.231. The molecule has 2 unspecified atom stereocenters. The minimum Gasteiger partial charge on any atom is -0.299 e. The fraction of sp³-hybridized carbons (Fsp3) is 0.632. The van der Waals surface area contributed by atoms with Crippen molar-refractivity contribution in [3.63, 3.8) is 0 Å². The summed E-state index contributed by atoms with van der Waals surface area (Å²) in [6.45, 7) is 11.2. The molecule has 0 spiro atoms. The Morgan fingerprint density at radius 1 is 1.10 bits per heavy atom. The van der Waals surface area contributed by atoms with E-state index < -0.39 is 0 Å². The van der Waals surface area contributed by atoms with Crippen molar-refractivity contribution in [3.8, 4) is 0 Å². The monoisotopic (exact) mass is 272 g/mol. The van der Waals surface area contributed by atoms with E-state index in [1.165, 1.54) is 16.7 Å². The predicted molar refractivity (Wildman–Crippen MR) is 84.9 cm³/mol. The SMILES string of the molecule is Cc1cc(C)cc(CC2CC(C(C)(C)C)CCC2=O)c1. The van der Waals surface area contributed by atoms with Gasteiger partial charge in [0.05, 0.1) is 0 Å². The molecule has 1 nitrogen and oxygen atoms in total. The quantitative estimate of drug-likeness (QED) is 0.750. The van der Waals surface area contributed by atoms with E-state index in [0.717, 1.165) is 25.7 Å². The lowest BCUT2D eigenvalue weighted by Crippen LogP contribution is -2.33. The Balaban J connectivity index is 2.12. The zero-order valence-corrected chi connectivity index (χ0v) is 13.6. The van der Waals surface area contributed by atoms with Crippen LogP contribution in [0.4, 0.5) is 0 Å². The predicted octanol–water partition coefficient (Wildman–Crippen LogP) is 4.88. The first-order valence-electron chi connectivity index (χ1n) is 7.85. The number of carbonyl (C=O) groups is 1. The maximum atomic E-state index is 12.2. The molecule has 0 aliphatic heterocycles. The first kappa shape index (κ1) is 15.3. The normalized spacial score (nSPS) is 23.9. The molecule has 0 bridgehead atoms. The fourth-order valence-electron chi connectivity index (χ4n) is 3.57. The van der Waals surface area contributed by atoms with Crippen LogP contribution in [0.5, 0.6) is 0 Å². The molecule has 1 heteroatoms. The van der Waals surface area contributed by atoms with Crippen LogP contribution in [0.2, 0.25) is 0 Å². The Labute approximate surface area is 123 Å². The molecule has 110 valence electrons. The number of ketones is 1. The van der Waals surface area contributed by atoms with Gasteiger partial charge in [0.15, 0.2) is 0 Å². The molecule has 2 rings (SSSR count). The van der Waals surface area contributed by atoms with E-state index >= 15 is 0 Å². The van der Waals surface area contributed by atoms with E-state index in [1.54, 1.807) is 0 Å². The van der Waals surface area contributed by atoms with E-state index in [2.05, 4.69) is 52.8 Å². The zero-order chi connectivity index (χ0) is 14.9. The average molecular weight is 272 g/mol. The second kappa shape index (κ2) is 5.71. The molecule has 0 radical (unpaired) electrons. The van der Waals surface area contributed by atoms with E-state index in [1.807, 2.05) is 0 Å². The fourth-order valence-corrected chi connectivity index (χ4v) is 3.57. The van der Waals surface area contributed by atoms with Crippen LogP contribution in [-0.2, 0) is 11.2 Å². The summed E-state index contributed by atoms with van der Waals surface area (Å²) in [7, 11) is 0. The molecule has 0 amide bonds. The van der Waals surface area contributed by atoms with Crippen LogP contribution in [0.25, 0.3) is 0 Å². The van der Waals surface area contributed by atoms with Gasteiger partial charge in [-0.25, -0.2) is 0 Å². The van der Waals surface area contributed by atoms with Gasteiger partial charge in [0.2, 0.25) is 0 Å². The van der Waals surface area contributed by atoms with Crippen LogP contribution in [-0.4, -0.2) is 5.78 Å². The number of hydrogen-bond acceptors (Lipinski definition) is 1. The van der Waals surface area contributed by atoms with Crippen LogP contribution in [0, 0.1) is 31.1 Å². The van der Waals surface area contributed by atoms with Gasteiger partial charge < -0.3 is 0 Å². The molecule has 1 aliphatic rings. The highest BCUT2D eigenvalue weighted by Crippen LogP contribution is 2.39. The number of rotatable bonds is 2. The summed E-state index contributed by atoms with van der Waals surface area (Å²) in [4.78, 5) is 12.2. The number of carbonyl (C=O) groups excluding carboxylic acids is 1. The lowest BCUT2D eigenvalue weighted by atomic mass is 9.67. The summed E-state index contributed by atoms with van der Waals surface area (Å²) < 4.78 is 0. The zero-order valence-electron chi connectivity index (χ0n) is 13.6. The molecule has 0 N–H and O–H groups in total. The standard InChI is InChI=1S/C19H28O/c1-13-8-14(2)10-15(9-13)11-16-12-17(19(3,4)5)6-7-18(16)20/h8-10,16-17H,6-7,11-12H2,1-5H3. The molecule has 1 saturated carbocycles. The first-order valence-corrected chi connectivity index (χ1v) is 7.85. The van der Waals surface area contributed by atoms with Gasteiger partial charge in [0.25, 0.3) is 0 Å². The van der Waals surface area contributed by atoms with Crippen molar-refractivity contribution < 1.29 is 4.79 Å². The van der Waals surface area contributed by atoms with E-state index in [4.69, 9.17) is 0 Å². The summed E-state index contributed by atoms with van der Waals surface area (Å²) in [6, 6.07) is 6.67. The molecule has 0 heterocycles. The summed E-state index contributed by atoms with van der Waals surface area (Å²) in [6.07, 6.45) is 3.84. The third-order valence-electron chi connectivity index (χ3n) is 4.75. The molecule has 1 aromatic carbocycles. The number of benzene rings is 1. The number of aryl methyl sites for hydroxylation is 2. The first-order chi connectivity index (χ1) is 9.25. The van der Waals surface area contributed by atoms with E-state index in [-0.39, 0.29) is 5.92 Å². The van der Waals surface area contributed by atoms with Gasteiger partial charge in [-0.2, -0.15) is 0 Å². The molecule has 0 saturated heterocycles.